The van der Waals surface area contributed by atoms with E-state index in [4.69, 9.17) is 15.2 Å². The zero-order valence-electron chi connectivity index (χ0n) is 22.9. The van der Waals surface area contributed by atoms with Crippen LogP contribution >= 0.6 is 0 Å². The average Bonchev–Trinajstić information content (AvgIpc) is 2.89. The maximum absolute atomic E-state index is 14.1. The van der Waals surface area contributed by atoms with Gasteiger partial charge in [-0.2, -0.15) is 0 Å². The fraction of sp³-hybridized carbons (Fsp3) is 0.536. The smallest absolute Gasteiger partial charge is 0.307 e. The molecule has 2 aromatic rings. The van der Waals surface area contributed by atoms with Crippen molar-refractivity contribution in [2.24, 2.45) is 5.73 Å². The van der Waals surface area contributed by atoms with Crippen molar-refractivity contribution in [2.45, 2.75) is 65.1 Å². The Bertz CT molecular complexity index is 1120. The molecule has 0 bridgehead atoms. The number of esters is 1. The van der Waals surface area contributed by atoms with Gasteiger partial charge in [-0.3, -0.25) is 4.79 Å². The van der Waals surface area contributed by atoms with Gasteiger partial charge in [0.1, 0.15) is 17.7 Å². The predicted molar refractivity (Wildman–Crippen MR) is 148 cm³/mol. The van der Waals surface area contributed by atoms with E-state index in [1.165, 1.54) is 10.4 Å². The average molecular weight is 552 g/mol. The van der Waals surface area contributed by atoms with Crippen LogP contribution in [0.15, 0.2) is 42.5 Å². The number of hydrogen-bond acceptors (Lipinski definition) is 7. The molecule has 0 unspecified atom stereocenters. The predicted octanol–water partition coefficient (Wildman–Crippen LogP) is 3.56. The molecule has 10 heteroatoms. The van der Waals surface area contributed by atoms with Crippen LogP contribution in [-0.4, -0.2) is 63.3 Å². The van der Waals surface area contributed by atoms with Crippen LogP contribution in [0, 0.1) is 12.7 Å². The molecule has 0 aliphatic heterocycles. The number of methoxy groups -OCH3 is 1. The fourth-order valence-electron chi connectivity index (χ4n) is 4.05. The van der Waals surface area contributed by atoms with Gasteiger partial charge in [0.2, 0.25) is 10.0 Å². The second kappa shape index (κ2) is 15.8. The fourth-order valence-corrected chi connectivity index (χ4v) is 5.65. The molecule has 0 spiro atoms. The van der Waals surface area contributed by atoms with E-state index in [9.17, 15) is 17.6 Å². The molecule has 0 amide bonds. The first kappa shape index (κ1) is 31.7. The van der Waals surface area contributed by atoms with Crippen LogP contribution in [0.25, 0.3) is 0 Å². The zero-order chi connectivity index (χ0) is 28.1. The Morgan fingerprint density at radius 2 is 1.82 bits per heavy atom. The molecular weight excluding hydrogens is 509 g/mol. The second-order valence-electron chi connectivity index (χ2n) is 9.43. The van der Waals surface area contributed by atoms with Crippen molar-refractivity contribution in [1.82, 2.24) is 9.62 Å². The van der Waals surface area contributed by atoms with E-state index in [0.29, 0.717) is 43.6 Å². The Kier molecular flexibility index (Phi) is 13.2. The first-order chi connectivity index (χ1) is 18.1. The van der Waals surface area contributed by atoms with Crippen LogP contribution < -0.4 is 15.8 Å². The molecule has 0 fully saturated rings. The number of benzene rings is 2. The standard InChI is InChI=1S/C28H42FN3O5S/c1-5-13-32(14-6-2)38(34,35)15-12-28(33)37-27(20-31-19-23-8-7-9-24(16-23)36-4)26(30)18-22-11-10-21(3)25(29)17-22/h7-11,16-17,26-27,31H,5-6,12-15,18-20,30H2,1-4H3/t26-,27+/m0/s1. The number of hydrogen-bond donors (Lipinski definition) is 2. The largest absolute Gasteiger partial charge is 0.497 e. The number of nitrogens with zero attached hydrogens (tertiary/aromatic N) is 1. The van der Waals surface area contributed by atoms with Crippen molar-refractivity contribution in [3.63, 3.8) is 0 Å². The summed E-state index contributed by atoms with van der Waals surface area (Å²) in [5.41, 5.74) is 8.63. The van der Waals surface area contributed by atoms with Crippen molar-refractivity contribution < 1.29 is 27.1 Å². The van der Waals surface area contributed by atoms with E-state index < -0.39 is 28.1 Å². The lowest BCUT2D eigenvalue weighted by Gasteiger charge is -2.25. The Morgan fingerprint density at radius 3 is 2.45 bits per heavy atom. The summed E-state index contributed by atoms with van der Waals surface area (Å²) < 4.78 is 51.9. The van der Waals surface area contributed by atoms with Crippen LogP contribution in [0.4, 0.5) is 4.39 Å². The van der Waals surface area contributed by atoms with E-state index in [1.807, 2.05) is 38.1 Å². The molecule has 0 saturated carbocycles. The van der Waals surface area contributed by atoms with Crippen LogP contribution in [-0.2, 0) is 32.5 Å². The minimum absolute atomic E-state index is 0.239. The maximum Gasteiger partial charge on any atom is 0.307 e. The number of nitrogens with one attached hydrogen (secondary N) is 1. The van der Waals surface area contributed by atoms with Crippen molar-refractivity contribution in [3.05, 3.63) is 65.0 Å². The highest BCUT2D eigenvalue weighted by atomic mass is 32.2. The number of carbonyl (C=O) groups excluding carboxylic acids is 1. The molecule has 0 radical (unpaired) electrons. The summed E-state index contributed by atoms with van der Waals surface area (Å²) >= 11 is 0. The SMILES string of the molecule is CCCN(CCC)S(=O)(=O)CCC(=O)O[C@H](CNCc1cccc(OC)c1)[C@@H](N)Cc1ccc(C)c(F)c1. The first-order valence-corrected chi connectivity index (χ1v) is 14.7. The minimum Gasteiger partial charge on any atom is -0.497 e. The van der Waals surface area contributed by atoms with Gasteiger partial charge in [0.15, 0.2) is 0 Å². The number of nitrogens with two attached hydrogens (primary N) is 1. The molecule has 0 aromatic heterocycles. The topological polar surface area (TPSA) is 111 Å². The summed E-state index contributed by atoms with van der Waals surface area (Å²) in [6.45, 7) is 7.06. The Balaban J connectivity index is 2.07. The van der Waals surface area contributed by atoms with Gasteiger partial charge in [0.25, 0.3) is 0 Å². The van der Waals surface area contributed by atoms with E-state index in [0.717, 1.165) is 11.3 Å². The molecule has 0 aliphatic rings. The van der Waals surface area contributed by atoms with Crippen LogP contribution in [0.1, 0.15) is 49.8 Å². The van der Waals surface area contributed by atoms with Crippen LogP contribution in [0.2, 0.25) is 0 Å². The molecule has 0 saturated heterocycles. The number of sulfonamides is 1. The molecule has 2 atom stereocenters. The number of ether oxygens (including phenoxy) is 2. The normalized spacial score (nSPS) is 13.3. The Labute approximate surface area is 226 Å². The highest BCUT2D eigenvalue weighted by molar-refractivity contribution is 7.89. The van der Waals surface area contributed by atoms with Gasteiger partial charge in [-0.1, -0.05) is 38.1 Å². The number of halogens is 1. The third-order valence-corrected chi connectivity index (χ3v) is 8.05. The van der Waals surface area contributed by atoms with Crippen molar-refractivity contribution in [3.8, 4) is 5.75 Å². The quantitative estimate of drug-likeness (QED) is 0.289. The minimum atomic E-state index is -3.58. The molecular formula is C28H42FN3O5S. The van der Waals surface area contributed by atoms with Gasteiger partial charge in [0, 0.05) is 32.2 Å². The van der Waals surface area contributed by atoms with Crippen LogP contribution in [0.5, 0.6) is 5.75 Å². The molecule has 38 heavy (non-hydrogen) atoms. The third kappa shape index (κ3) is 10.3. The summed E-state index contributed by atoms with van der Waals surface area (Å²) in [5, 5.41) is 3.26. The molecule has 2 aromatic carbocycles. The zero-order valence-corrected chi connectivity index (χ0v) is 23.7. The lowest BCUT2D eigenvalue weighted by atomic mass is 10.0. The highest BCUT2D eigenvalue weighted by Gasteiger charge is 2.26. The van der Waals surface area contributed by atoms with E-state index in [-0.39, 0.29) is 31.0 Å². The molecule has 2 rings (SSSR count). The summed E-state index contributed by atoms with van der Waals surface area (Å²) in [7, 11) is -1.99. The van der Waals surface area contributed by atoms with Gasteiger partial charge in [-0.25, -0.2) is 17.1 Å². The van der Waals surface area contributed by atoms with E-state index in [1.54, 1.807) is 26.2 Å². The van der Waals surface area contributed by atoms with Gasteiger partial charge >= 0.3 is 5.97 Å². The summed E-state index contributed by atoms with van der Waals surface area (Å²) in [6, 6.07) is 11.8. The van der Waals surface area contributed by atoms with E-state index in [2.05, 4.69) is 5.32 Å². The maximum atomic E-state index is 14.1. The lowest BCUT2D eigenvalue weighted by Crippen LogP contribution is -2.46. The van der Waals surface area contributed by atoms with Gasteiger partial charge in [-0.15, -0.1) is 0 Å². The first-order valence-electron chi connectivity index (χ1n) is 13.1. The van der Waals surface area contributed by atoms with E-state index >= 15 is 0 Å². The molecule has 0 heterocycles. The number of rotatable bonds is 17. The van der Waals surface area contributed by atoms with Gasteiger partial charge in [-0.05, 0) is 61.1 Å². The monoisotopic (exact) mass is 551 g/mol. The number of aryl methyl sites for hydroxylation is 1. The highest BCUT2D eigenvalue weighted by Crippen LogP contribution is 2.15. The van der Waals surface area contributed by atoms with Crippen LogP contribution in [0.3, 0.4) is 0 Å². The Hall–Kier alpha value is -2.53. The van der Waals surface area contributed by atoms with Crippen molar-refractivity contribution in [1.29, 1.82) is 0 Å². The van der Waals surface area contributed by atoms with Gasteiger partial charge < -0.3 is 20.5 Å². The molecule has 8 nitrogen and oxygen atoms in total. The lowest BCUT2D eigenvalue weighted by molar-refractivity contribution is -0.149. The third-order valence-electron chi connectivity index (χ3n) is 6.18. The summed E-state index contributed by atoms with van der Waals surface area (Å²) in [5.74, 6) is -0.561. The second-order valence-corrected chi connectivity index (χ2v) is 11.5. The summed E-state index contributed by atoms with van der Waals surface area (Å²) in [4.78, 5) is 12.7. The molecule has 212 valence electrons. The Morgan fingerprint density at radius 1 is 1.11 bits per heavy atom. The molecule has 0 aliphatic carbocycles. The van der Waals surface area contributed by atoms with Crippen molar-refractivity contribution in [2.75, 3.05) is 32.5 Å². The number of carbonyl (C=O) groups is 1. The van der Waals surface area contributed by atoms with Gasteiger partial charge in [0.05, 0.1) is 19.3 Å². The molecule has 3 N–H and O–H groups in total. The van der Waals surface area contributed by atoms with Crippen molar-refractivity contribution >= 4 is 16.0 Å². The summed E-state index contributed by atoms with van der Waals surface area (Å²) in [6.07, 6.45) is 0.653.